The molecule has 0 heterocycles. The van der Waals surface area contributed by atoms with Gasteiger partial charge in [0.05, 0.1) is 0 Å². The molecule has 0 N–H and O–H groups in total. The normalized spacial score (nSPS) is 33.4. The molecule has 1 rings (SSSR count). The number of aldehydes is 1. The highest BCUT2D eigenvalue weighted by Crippen LogP contribution is 2.36. The third kappa shape index (κ3) is 2.23. The summed E-state index contributed by atoms with van der Waals surface area (Å²) in [5.74, 6) is 1.40. The Morgan fingerprint density at radius 2 is 2.07 bits per heavy atom. The smallest absolute Gasteiger partial charge is 0.139 e. The molecule has 0 spiro atoms. The summed E-state index contributed by atoms with van der Waals surface area (Å²) >= 11 is 0. The Bertz CT molecular complexity index is 220. The lowest BCUT2D eigenvalue weighted by Gasteiger charge is -2.35. The molecule has 0 saturated heterocycles. The highest BCUT2D eigenvalue weighted by Gasteiger charge is 2.36. The molecule has 0 aromatic heterocycles. The van der Waals surface area contributed by atoms with Crippen molar-refractivity contribution in [2.24, 2.45) is 23.7 Å². The van der Waals surface area contributed by atoms with Crippen LogP contribution in [0, 0.1) is 23.7 Å². The standard InChI is InChI=1S/C12H20O2/c1-8(2)10-5-4-9(3)12(14)11(10)6-7-13/h7-11H,4-6H2,1-3H3/t9?,10-,11?/m1/s1. The lowest BCUT2D eigenvalue weighted by Crippen LogP contribution is -2.36. The van der Waals surface area contributed by atoms with Gasteiger partial charge in [0.2, 0.25) is 0 Å². The molecule has 1 aliphatic carbocycles. The first-order valence-corrected chi connectivity index (χ1v) is 5.55. The maximum absolute atomic E-state index is 11.9. The van der Waals surface area contributed by atoms with Gasteiger partial charge in [0.25, 0.3) is 0 Å². The zero-order valence-corrected chi connectivity index (χ0v) is 9.32. The molecule has 0 radical (unpaired) electrons. The van der Waals surface area contributed by atoms with Gasteiger partial charge < -0.3 is 4.79 Å². The maximum Gasteiger partial charge on any atom is 0.139 e. The van der Waals surface area contributed by atoms with Crippen molar-refractivity contribution in [3.05, 3.63) is 0 Å². The van der Waals surface area contributed by atoms with Gasteiger partial charge in [-0.05, 0) is 24.7 Å². The predicted molar refractivity (Wildman–Crippen MR) is 55.9 cm³/mol. The van der Waals surface area contributed by atoms with Crippen molar-refractivity contribution in [2.75, 3.05) is 0 Å². The van der Waals surface area contributed by atoms with E-state index in [-0.39, 0.29) is 11.8 Å². The highest BCUT2D eigenvalue weighted by atomic mass is 16.1. The van der Waals surface area contributed by atoms with Crippen LogP contribution >= 0.6 is 0 Å². The second-order valence-corrected chi connectivity index (χ2v) is 4.80. The van der Waals surface area contributed by atoms with Crippen molar-refractivity contribution < 1.29 is 9.59 Å². The minimum Gasteiger partial charge on any atom is -0.303 e. The van der Waals surface area contributed by atoms with Gasteiger partial charge in [0, 0.05) is 18.3 Å². The van der Waals surface area contributed by atoms with E-state index in [0.717, 1.165) is 19.1 Å². The van der Waals surface area contributed by atoms with E-state index in [9.17, 15) is 9.59 Å². The summed E-state index contributed by atoms with van der Waals surface area (Å²) in [6.07, 6.45) is 3.42. The quantitative estimate of drug-likeness (QED) is 0.650. The van der Waals surface area contributed by atoms with Crippen LogP contribution in [0.4, 0.5) is 0 Å². The lowest BCUT2D eigenvalue weighted by molar-refractivity contribution is -0.133. The van der Waals surface area contributed by atoms with E-state index in [1.165, 1.54) is 0 Å². The molecular weight excluding hydrogens is 176 g/mol. The number of ketones is 1. The fourth-order valence-electron chi connectivity index (χ4n) is 2.55. The summed E-state index contributed by atoms with van der Waals surface area (Å²) in [4.78, 5) is 22.4. The third-order valence-electron chi connectivity index (χ3n) is 3.51. The van der Waals surface area contributed by atoms with Crippen LogP contribution in [0.5, 0.6) is 0 Å². The third-order valence-corrected chi connectivity index (χ3v) is 3.51. The average molecular weight is 196 g/mol. The molecule has 1 aliphatic rings. The second-order valence-electron chi connectivity index (χ2n) is 4.80. The van der Waals surface area contributed by atoms with Crippen molar-refractivity contribution in [3.63, 3.8) is 0 Å². The number of carbonyl (C=O) groups is 2. The SMILES string of the molecule is CC1CC[C@H](C(C)C)C(CC=O)C1=O. The van der Waals surface area contributed by atoms with Gasteiger partial charge in [-0.1, -0.05) is 20.8 Å². The Hall–Kier alpha value is -0.660. The largest absolute Gasteiger partial charge is 0.303 e. The van der Waals surface area contributed by atoms with E-state index in [2.05, 4.69) is 13.8 Å². The number of carbonyl (C=O) groups excluding carboxylic acids is 2. The van der Waals surface area contributed by atoms with E-state index >= 15 is 0 Å². The van der Waals surface area contributed by atoms with Crippen LogP contribution in [-0.4, -0.2) is 12.1 Å². The summed E-state index contributed by atoms with van der Waals surface area (Å²) in [5.41, 5.74) is 0. The van der Waals surface area contributed by atoms with E-state index in [1.807, 2.05) is 6.92 Å². The molecule has 3 atom stereocenters. The number of rotatable bonds is 3. The monoisotopic (exact) mass is 196 g/mol. The van der Waals surface area contributed by atoms with E-state index in [0.29, 0.717) is 24.0 Å². The zero-order chi connectivity index (χ0) is 10.7. The van der Waals surface area contributed by atoms with Crippen molar-refractivity contribution in [1.29, 1.82) is 0 Å². The molecule has 2 heteroatoms. The topological polar surface area (TPSA) is 34.1 Å². The van der Waals surface area contributed by atoms with Crippen molar-refractivity contribution >= 4 is 12.1 Å². The fourth-order valence-corrected chi connectivity index (χ4v) is 2.55. The minimum atomic E-state index is -0.00347. The van der Waals surface area contributed by atoms with Crippen LogP contribution in [0.2, 0.25) is 0 Å². The van der Waals surface area contributed by atoms with Crippen LogP contribution in [0.1, 0.15) is 40.0 Å². The molecule has 0 aromatic rings. The molecular formula is C12H20O2. The first kappa shape index (κ1) is 11.4. The Kier molecular flexibility index (Phi) is 3.85. The summed E-state index contributed by atoms with van der Waals surface area (Å²) in [6, 6.07) is 0. The number of hydrogen-bond acceptors (Lipinski definition) is 2. The molecule has 80 valence electrons. The molecule has 1 saturated carbocycles. The molecule has 0 bridgehead atoms. The Morgan fingerprint density at radius 1 is 1.43 bits per heavy atom. The first-order chi connectivity index (χ1) is 6.57. The second kappa shape index (κ2) is 4.72. The fraction of sp³-hybridized carbons (Fsp3) is 0.833. The van der Waals surface area contributed by atoms with Crippen LogP contribution < -0.4 is 0 Å². The van der Waals surface area contributed by atoms with Crippen LogP contribution in [0.3, 0.4) is 0 Å². The molecule has 2 nitrogen and oxygen atoms in total. The van der Waals surface area contributed by atoms with Crippen molar-refractivity contribution in [3.8, 4) is 0 Å². The van der Waals surface area contributed by atoms with E-state index < -0.39 is 0 Å². The van der Waals surface area contributed by atoms with Gasteiger partial charge in [0.1, 0.15) is 12.1 Å². The lowest BCUT2D eigenvalue weighted by atomic mass is 9.68. The zero-order valence-electron chi connectivity index (χ0n) is 9.32. The molecule has 1 fully saturated rings. The first-order valence-electron chi connectivity index (χ1n) is 5.55. The highest BCUT2D eigenvalue weighted by molar-refractivity contribution is 5.85. The van der Waals surface area contributed by atoms with Crippen LogP contribution in [0.15, 0.2) is 0 Å². The van der Waals surface area contributed by atoms with Gasteiger partial charge in [-0.25, -0.2) is 0 Å². The van der Waals surface area contributed by atoms with Crippen LogP contribution in [0.25, 0.3) is 0 Å². The molecule has 0 aromatic carbocycles. The maximum atomic E-state index is 11.9. The Morgan fingerprint density at radius 3 is 2.57 bits per heavy atom. The van der Waals surface area contributed by atoms with E-state index in [1.54, 1.807) is 0 Å². The number of Topliss-reactive ketones (excluding diaryl/α,β-unsaturated/α-hetero) is 1. The summed E-state index contributed by atoms with van der Waals surface area (Å²) in [6.45, 7) is 6.27. The van der Waals surface area contributed by atoms with Gasteiger partial charge in [-0.2, -0.15) is 0 Å². The summed E-state index contributed by atoms with van der Waals surface area (Å²) in [7, 11) is 0. The van der Waals surface area contributed by atoms with Gasteiger partial charge in [-0.3, -0.25) is 4.79 Å². The van der Waals surface area contributed by atoms with Crippen molar-refractivity contribution in [1.82, 2.24) is 0 Å². The van der Waals surface area contributed by atoms with Gasteiger partial charge in [0.15, 0.2) is 0 Å². The van der Waals surface area contributed by atoms with Crippen LogP contribution in [-0.2, 0) is 9.59 Å². The van der Waals surface area contributed by atoms with Crippen molar-refractivity contribution in [2.45, 2.75) is 40.0 Å². The van der Waals surface area contributed by atoms with Gasteiger partial charge in [-0.15, -0.1) is 0 Å². The Balaban J connectivity index is 2.76. The molecule has 2 unspecified atom stereocenters. The minimum absolute atomic E-state index is 0.00347. The van der Waals surface area contributed by atoms with E-state index in [4.69, 9.17) is 0 Å². The Labute approximate surface area is 86.1 Å². The molecule has 0 amide bonds. The molecule has 14 heavy (non-hydrogen) atoms. The summed E-state index contributed by atoms with van der Waals surface area (Å²) < 4.78 is 0. The molecule has 0 aliphatic heterocycles. The number of hydrogen-bond donors (Lipinski definition) is 0. The summed E-state index contributed by atoms with van der Waals surface area (Å²) in [5, 5.41) is 0. The predicted octanol–water partition coefficient (Wildman–Crippen LogP) is 2.46. The average Bonchev–Trinajstić information content (AvgIpc) is 2.13. The van der Waals surface area contributed by atoms with Gasteiger partial charge >= 0.3 is 0 Å².